The minimum absolute atomic E-state index is 0. The Bertz CT molecular complexity index is 1360. The maximum Gasteiger partial charge on any atom is 4.00 e. The van der Waals surface area contributed by atoms with Crippen LogP contribution in [0.2, 0.25) is 0 Å². The standard InChI is InChI=1S/2C10H15.3C6H7N.2ClHO4.2Cu.2Mo.4S/c2*1-6-7(2)9(4)10(5)8(6)3;3*7-6-4-2-1-3-5-6;2*2-1(3,4)5;;;;;;;;/h2*1-5H3;3*1-5H,7H2;2*(H,2,3,4,5);;;;;;;;/q2*-1;;;;;;2*+2;2*+4;4*-2/p-2. The number of hydrogen-bond donors (Lipinski definition) is 3. The van der Waals surface area contributed by atoms with E-state index in [-0.39, 0.29) is 130 Å². The third kappa shape index (κ3) is 44.2. The molecule has 0 fully saturated rings. The zero-order valence-electron chi connectivity index (χ0n) is 34.0. The van der Waals surface area contributed by atoms with Gasteiger partial charge in [-0.05, 0) is 36.4 Å². The molecule has 0 saturated carbocycles. The summed E-state index contributed by atoms with van der Waals surface area (Å²) >= 11 is 0. The van der Waals surface area contributed by atoms with Gasteiger partial charge < -0.3 is 71.2 Å². The van der Waals surface area contributed by atoms with Gasteiger partial charge in [0.05, 0.1) is 0 Å². The molecule has 59 heavy (non-hydrogen) atoms. The van der Waals surface area contributed by atoms with Gasteiger partial charge in [-0.1, -0.05) is 124 Å². The Morgan fingerprint density at radius 2 is 0.475 bits per heavy atom. The van der Waals surface area contributed by atoms with Crippen LogP contribution in [-0.2, 0) is 130 Å². The average Bonchev–Trinajstić information content (AvgIpc) is 3.31. The second-order valence-electron chi connectivity index (χ2n) is 11.2. The Balaban J connectivity index is -0.0000000588. The molecular weight excluding hydrogens is 1140 g/mol. The maximum atomic E-state index is 8.49. The summed E-state index contributed by atoms with van der Waals surface area (Å²) in [6.45, 7) is 22.0. The predicted octanol–water partition coefficient (Wildman–Crippen LogP) is 0.170. The molecule has 5 aromatic carbocycles. The van der Waals surface area contributed by atoms with Crippen molar-refractivity contribution < 1.29 is 134 Å². The van der Waals surface area contributed by atoms with E-state index < -0.39 is 20.5 Å². The molecule has 0 aliphatic heterocycles. The van der Waals surface area contributed by atoms with Crippen LogP contribution in [-0.4, -0.2) is 0 Å². The second-order valence-corrected chi connectivity index (χ2v) is 12.7. The number of benzene rings is 3. The van der Waals surface area contributed by atoms with Crippen LogP contribution in [0.4, 0.5) is 17.1 Å². The van der Waals surface area contributed by atoms with Gasteiger partial charge in [0.2, 0.25) is 0 Å². The first-order valence-electron chi connectivity index (χ1n) is 15.3. The normalized spacial score (nSPS) is 8.64. The summed E-state index contributed by atoms with van der Waals surface area (Å²) in [6, 6.07) is 28.5. The summed E-state index contributed by atoms with van der Waals surface area (Å²) in [6.07, 6.45) is 0. The van der Waals surface area contributed by atoms with Crippen molar-refractivity contribution in [3.8, 4) is 0 Å². The van der Waals surface area contributed by atoms with Crippen LogP contribution < -0.4 is 54.5 Å². The van der Waals surface area contributed by atoms with Crippen molar-refractivity contribution in [1.29, 1.82) is 0 Å². The Kier molecular flexibility index (Phi) is 60.3. The molecule has 0 spiro atoms. The van der Waals surface area contributed by atoms with E-state index in [9.17, 15) is 0 Å². The molecule has 0 atom stereocenters. The zero-order chi connectivity index (χ0) is 40.1. The van der Waals surface area contributed by atoms with Gasteiger partial charge in [0.1, 0.15) is 0 Å². The molecule has 21 heteroatoms. The predicted molar refractivity (Wildman–Crippen MR) is 213 cm³/mol. The van der Waals surface area contributed by atoms with Gasteiger partial charge in [-0.15, -0.1) is 20.5 Å². The van der Waals surface area contributed by atoms with Crippen molar-refractivity contribution in [2.45, 2.75) is 69.2 Å². The van der Waals surface area contributed by atoms with Gasteiger partial charge in [-0.2, -0.15) is 55.6 Å². The molecule has 0 amide bonds. The molecular formula is C38H51Cl2Cu2Mo2N3O8S4. The third-order valence-corrected chi connectivity index (χ3v) is 8.02. The molecule has 2 radical (unpaired) electrons. The monoisotopic (exact) mass is 1200 g/mol. The van der Waals surface area contributed by atoms with Gasteiger partial charge in [-0.25, -0.2) is 37.3 Å². The van der Waals surface area contributed by atoms with E-state index >= 15 is 0 Å². The quantitative estimate of drug-likeness (QED) is 0.107. The fraction of sp³-hybridized carbons (Fsp3) is 0.263. The average molecular weight is 1200 g/mol. The molecule has 0 heterocycles. The first kappa shape index (κ1) is 82.5. The van der Waals surface area contributed by atoms with E-state index in [2.05, 4.69) is 69.2 Å². The molecule has 0 aliphatic rings. The number of para-hydroxylation sites is 3. The van der Waals surface area contributed by atoms with Gasteiger partial charge >= 0.3 is 76.3 Å². The summed E-state index contributed by atoms with van der Waals surface area (Å²) in [7, 11) is -9.89. The molecule has 11 nitrogen and oxygen atoms in total. The van der Waals surface area contributed by atoms with E-state index in [0.29, 0.717) is 0 Å². The fourth-order valence-corrected chi connectivity index (χ4v) is 4.17. The second kappa shape index (κ2) is 43.1. The molecule has 338 valence electrons. The van der Waals surface area contributed by atoms with Gasteiger partial charge in [0, 0.05) is 17.1 Å². The van der Waals surface area contributed by atoms with Crippen molar-refractivity contribution in [3.63, 3.8) is 0 Å². The van der Waals surface area contributed by atoms with Crippen LogP contribution >= 0.6 is 0 Å². The zero-order valence-corrected chi connectivity index (χ0v) is 44.6. The van der Waals surface area contributed by atoms with Gasteiger partial charge in [0.25, 0.3) is 0 Å². The Labute approximate surface area is 433 Å². The van der Waals surface area contributed by atoms with Gasteiger partial charge in [0.15, 0.2) is 0 Å². The van der Waals surface area contributed by atoms with Crippen LogP contribution in [0.15, 0.2) is 91.0 Å². The number of nitrogens with two attached hydrogens (primary N) is 3. The summed E-state index contributed by atoms with van der Waals surface area (Å²) < 4.78 is 67.9. The van der Waals surface area contributed by atoms with E-state index in [1.165, 1.54) is 55.6 Å². The molecule has 5 rings (SSSR count). The van der Waals surface area contributed by atoms with Crippen LogP contribution in [0.1, 0.15) is 55.6 Å². The van der Waals surface area contributed by atoms with Crippen molar-refractivity contribution in [2.24, 2.45) is 0 Å². The molecule has 5 aromatic rings. The van der Waals surface area contributed by atoms with Crippen molar-refractivity contribution in [2.75, 3.05) is 17.2 Å². The topological polar surface area (TPSA) is 263 Å². The number of anilines is 3. The SMILES string of the molecule is Cc1c(C)c(C)[c-](C)c1C.Cc1c(C)c(C)[c-](C)c1C.Nc1ccccc1.Nc1ccccc1.Nc1ccccc1.[Cu+2].[Cu+2].[Mo+4].[Mo+4].[O-][Cl+3]([O-])([O-])[O-].[O-][Cl+3]([O-])([O-])[O-].[S-2].[S-2].[S-2].[S-2]. The van der Waals surface area contributed by atoms with E-state index in [1.807, 2.05) is 91.0 Å². The molecule has 0 bridgehead atoms. The van der Waals surface area contributed by atoms with Gasteiger partial charge in [-0.3, -0.25) is 0 Å². The minimum atomic E-state index is -4.94. The van der Waals surface area contributed by atoms with Crippen LogP contribution in [0.3, 0.4) is 0 Å². The van der Waals surface area contributed by atoms with Crippen LogP contribution in [0.25, 0.3) is 0 Å². The van der Waals surface area contributed by atoms with E-state index in [4.69, 9.17) is 54.5 Å². The minimum Gasteiger partial charge on any atom is -2.00 e. The molecule has 0 aromatic heterocycles. The van der Waals surface area contributed by atoms with Crippen molar-refractivity contribution in [1.82, 2.24) is 0 Å². The summed E-state index contributed by atoms with van der Waals surface area (Å²) in [5, 5.41) is 0. The van der Waals surface area contributed by atoms with E-state index in [1.54, 1.807) is 0 Å². The summed E-state index contributed by atoms with van der Waals surface area (Å²) in [4.78, 5) is 0. The maximum absolute atomic E-state index is 8.49. The number of nitrogen functional groups attached to an aromatic ring is 3. The van der Waals surface area contributed by atoms with Crippen LogP contribution in [0, 0.1) is 89.7 Å². The smallest absolute Gasteiger partial charge is 2.00 e. The molecule has 0 aliphatic carbocycles. The Morgan fingerprint density at radius 1 is 0.356 bits per heavy atom. The summed E-state index contributed by atoms with van der Waals surface area (Å²) in [5.41, 5.74) is 33.2. The number of rotatable bonds is 0. The molecule has 0 saturated heterocycles. The first-order valence-corrected chi connectivity index (χ1v) is 17.8. The number of hydrogen-bond acceptors (Lipinski definition) is 11. The fourth-order valence-electron chi connectivity index (χ4n) is 4.17. The Hall–Kier alpha value is -0.164. The summed E-state index contributed by atoms with van der Waals surface area (Å²) in [5.74, 6) is 0. The molecule has 6 N–H and O–H groups in total. The van der Waals surface area contributed by atoms with Crippen molar-refractivity contribution >= 4 is 71.0 Å². The third-order valence-electron chi connectivity index (χ3n) is 8.02. The number of halogens is 2. The van der Waals surface area contributed by atoms with E-state index in [0.717, 1.165) is 17.1 Å². The first-order chi connectivity index (χ1) is 23.3. The Morgan fingerprint density at radius 3 is 0.525 bits per heavy atom. The van der Waals surface area contributed by atoms with Crippen molar-refractivity contribution in [3.05, 3.63) is 147 Å². The largest absolute Gasteiger partial charge is 4.00 e. The van der Waals surface area contributed by atoms with Crippen LogP contribution in [0.5, 0.6) is 0 Å². The molecule has 0 unspecified atom stereocenters.